The van der Waals surface area contributed by atoms with E-state index in [4.69, 9.17) is 38.4 Å². The molecule has 17 nitrogen and oxygen atoms in total. The van der Waals surface area contributed by atoms with Gasteiger partial charge in [-0.25, -0.2) is 29.5 Å². The Morgan fingerprint density at radius 1 is 0.875 bits per heavy atom. The van der Waals surface area contributed by atoms with Crippen molar-refractivity contribution in [3.05, 3.63) is 163 Å². The second kappa shape index (κ2) is 30.1. The lowest BCUT2D eigenvalue weighted by atomic mass is 10.1. The summed E-state index contributed by atoms with van der Waals surface area (Å²) in [4.78, 5) is 58.7. The highest BCUT2D eigenvalue weighted by molar-refractivity contribution is 9.10. The van der Waals surface area contributed by atoms with Crippen LogP contribution in [0.4, 0.5) is 27.8 Å². The van der Waals surface area contributed by atoms with E-state index in [0.717, 1.165) is 84.5 Å². The molecule has 418 valence electrons. The molecule has 1 saturated heterocycles. The SMILES string of the molecule is CC(=O)c1cc2cc(Cl)c(Br)cc2[nH]1.CC(C)(C)OC(=O)n1ncc2cc(Nc3ccnc(Cl)n3)ccc21.CCC.COC(=O)c1cc2ccc(Br)cc2s1.Cc1nccc(Nc2ccc(C3=CCN=C3)cc2)n1.NC1CCOC1. The number of halogens is 4. The molecule has 5 aromatic heterocycles. The Hall–Kier alpha value is -6.91. The molecular weight excluding hydrogens is 1210 g/mol. The Morgan fingerprint density at radius 2 is 1.57 bits per heavy atom. The van der Waals surface area contributed by atoms with Gasteiger partial charge < -0.3 is 35.6 Å². The lowest BCUT2D eigenvalue weighted by molar-refractivity contribution is 0.0521. The van der Waals surface area contributed by atoms with Crippen molar-refractivity contribution >= 4 is 151 Å². The van der Waals surface area contributed by atoms with E-state index in [0.29, 0.717) is 33.0 Å². The van der Waals surface area contributed by atoms with Gasteiger partial charge in [0.05, 0.1) is 42.7 Å². The standard InChI is InChI=1S/C16H16ClN5O2.C15H14N4.C10H7BrClNO.C10H7BrO2S.C4H9NO.C3H8/c1-16(2,3)24-15(23)22-12-5-4-11(8-10(12)9-19-22)20-13-6-7-18-14(17)21-13;1-11-17-9-7-15(18-11)19-14-4-2-12(3-5-14)13-6-8-16-10-13;1-5(14)9-3-6-2-8(12)7(11)4-10(6)13-9;1-13-10(12)9-4-6-2-3-7(11)5-8(6)14-9;5-4-1-2-6-3-4;1-3-2/h4-9H,1-3H3,(H,18,20,21);2-7,9-10H,8H2,1H3,(H,17,18,19);2-4,13H,1H3;2-5H,1H3;4H,1-3,5H2;3H2,1-2H3. The first-order chi connectivity index (χ1) is 38.2. The van der Waals surface area contributed by atoms with Crippen molar-refractivity contribution in [3.63, 3.8) is 0 Å². The molecule has 11 rings (SSSR count). The number of ether oxygens (including phenoxy) is 3. The fraction of sp³-hybridized carbons (Fsp3) is 0.259. The molecular formula is C58H61Br2Cl2N11O6S. The Bertz CT molecular complexity index is 3570. The fourth-order valence-corrected chi connectivity index (χ4v) is 9.35. The van der Waals surface area contributed by atoms with Crippen molar-refractivity contribution in [2.75, 3.05) is 37.5 Å². The van der Waals surface area contributed by atoms with Crippen LogP contribution in [-0.4, -0.2) is 97.3 Å². The summed E-state index contributed by atoms with van der Waals surface area (Å²) < 4.78 is 19.1. The minimum absolute atomic E-state index is 0.0217. The first-order valence-corrected chi connectivity index (χ1v) is 28.3. The van der Waals surface area contributed by atoms with Gasteiger partial charge in [0.25, 0.3) is 0 Å². The molecule has 1 unspecified atom stereocenters. The molecule has 7 heterocycles. The van der Waals surface area contributed by atoms with Gasteiger partial charge in [0.2, 0.25) is 5.28 Å². The highest BCUT2D eigenvalue weighted by atomic mass is 79.9. The first-order valence-electron chi connectivity index (χ1n) is 25.2. The molecule has 1 atom stereocenters. The molecule has 4 aromatic carbocycles. The van der Waals surface area contributed by atoms with Gasteiger partial charge in [-0.3, -0.25) is 9.79 Å². The van der Waals surface area contributed by atoms with Crippen LogP contribution in [0.2, 0.25) is 10.3 Å². The van der Waals surface area contributed by atoms with Crippen LogP contribution in [0, 0.1) is 6.92 Å². The maximum absolute atomic E-state index is 12.2. The van der Waals surface area contributed by atoms with Crippen LogP contribution in [0.15, 0.2) is 136 Å². The van der Waals surface area contributed by atoms with Crippen molar-refractivity contribution in [1.29, 1.82) is 0 Å². The summed E-state index contributed by atoms with van der Waals surface area (Å²) in [6.07, 6.45) is 10.7. The number of rotatable bonds is 7. The van der Waals surface area contributed by atoms with Crippen molar-refractivity contribution in [2.45, 2.75) is 73.0 Å². The molecule has 0 amide bonds. The maximum atomic E-state index is 12.2. The van der Waals surface area contributed by atoms with Gasteiger partial charge >= 0.3 is 12.1 Å². The van der Waals surface area contributed by atoms with Crippen LogP contribution in [0.1, 0.15) is 85.9 Å². The quantitative estimate of drug-likeness (QED) is 0.0662. The summed E-state index contributed by atoms with van der Waals surface area (Å²) in [5.41, 5.74) is 11.2. The lowest BCUT2D eigenvalue weighted by Crippen LogP contribution is -2.27. The second-order valence-electron chi connectivity index (χ2n) is 18.7. The largest absolute Gasteiger partial charge is 0.465 e. The molecule has 1 fully saturated rings. The number of ketones is 1. The number of nitrogens with one attached hydrogen (secondary N) is 3. The van der Waals surface area contributed by atoms with Crippen molar-refractivity contribution in [3.8, 4) is 0 Å². The summed E-state index contributed by atoms with van der Waals surface area (Å²) in [6.45, 7) is 15.5. The molecule has 9 aromatic rings. The number of hydrogen-bond acceptors (Lipinski definition) is 16. The second-order valence-corrected chi connectivity index (χ2v) is 22.3. The molecule has 2 aliphatic heterocycles. The smallest absolute Gasteiger partial charge is 0.435 e. The first kappa shape index (κ1) is 62.3. The predicted octanol–water partition coefficient (Wildman–Crippen LogP) is 15.4. The number of benzene rings is 4. The monoisotopic (exact) mass is 1270 g/mol. The van der Waals surface area contributed by atoms with Gasteiger partial charge in [-0.1, -0.05) is 72.1 Å². The number of fused-ring (bicyclic) bond motifs is 3. The number of anilines is 4. The summed E-state index contributed by atoms with van der Waals surface area (Å²) in [5, 5.41) is 14.1. The van der Waals surface area contributed by atoms with Gasteiger partial charge in [0.1, 0.15) is 27.9 Å². The molecule has 0 aliphatic carbocycles. The molecule has 22 heteroatoms. The lowest BCUT2D eigenvalue weighted by Gasteiger charge is -2.19. The van der Waals surface area contributed by atoms with Crippen LogP contribution in [-0.2, 0) is 14.2 Å². The number of Topliss-reactive ketones (excluding diaryl/α,β-unsaturated/α-hetero) is 1. The number of carbonyl (C=O) groups is 3. The Kier molecular flexibility index (Phi) is 23.4. The topological polar surface area (TPSA) is 227 Å². The van der Waals surface area contributed by atoms with E-state index >= 15 is 0 Å². The zero-order valence-electron chi connectivity index (χ0n) is 45.3. The molecule has 0 spiro atoms. The fourth-order valence-electron chi connectivity index (χ4n) is 7.16. The number of H-pyrrole nitrogens is 1. The third-order valence-corrected chi connectivity index (χ3v) is 13.8. The van der Waals surface area contributed by atoms with Crippen molar-refractivity contribution < 1.29 is 28.6 Å². The van der Waals surface area contributed by atoms with E-state index < -0.39 is 11.7 Å². The number of esters is 1. The number of aryl methyl sites for hydroxylation is 1. The molecule has 2 aliphatic rings. The Balaban J connectivity index is 0.000000166. The van der Waals surface area contributed by atoms with E-state index in [1.54, 1.807) is 36.8 Å². The molecule has 5 N–H and O–H groups in total. The molecule has 0 saturated carbocycles. The van der Waals surface area contributed by atoms with E-state index in [9.17, 15) is 14.4 Å². The Labute approximate surface area is 495 Å². The highest BCUT2D eigenvalue weighted by Crippen LogP contribution is 2.30. The van der Waals surface area contributed by atoms with Crippen LogP contribution < -0.4 is 16.4 Å². The summed E-state index contributed by atoms with van der Waals surface area (Å²) in [5.74, 6) is 1.89. The number of thiophene rings is 1. The number of aromatic amines is 1. The van der Waals surface area contributed by atoms with Gasteiger partial charge in [-0.15, -0.1) is 11.3 Å². The number of aromatic nitrogens is 7. The zero-order chi connectivity index (χ0) is 57.9. The van der Waals surface area contributed by atoms with E-state index in [2.05, 4.69) is 114 Å². The normalized spacial score (nSPS) is 13.2. The minimum Gasteiger partial charge on any atom is -0.465 e. The van der Waals surface area contributed by atoms with E-state index in [-0.39, 0.29) is 17.0 Å². The van der Waals surface area contributed by atoms with E-state index in [1.807, 2.05) is 101 Å². The number of hydrogen-bond donors (Lipinski definition) is 4. The average Bonchev–Trinajstić information content (AvgIpc) is 4.30. The van der Waals surface area contributed by atoms with E-state index in [1.165, 1.54) is 47.6 Å². The number of nitrogens with two attached hydrogens (primary N) is 1. The predicted molar refractivity (Wildman–Crippen MR) is 331 cm³/mol. The van der Waals surface area contributed by atoms with Gasteiger partial charge in [-0.05, 0) is 157 Å². The van der Waals surface area contributed by atoms with Crippen LogP contribution >= 0.6 is 66.4 Å². The highest BCUT2D eigenvalue weighted by Gasteiger charge is 2.20. The third-order valence-electron chi connectivity index (χ3n) is 10.8. The number of aliphatic imine (C=N–C) groups is 1. The molecule has 80 heavy (non-hydrogen) atoms. The number of methoxy groups -OCH3 is 1. The van der Waals surface area contributed by atoms with Crippen molar-refractivity contribution in [1.82, 2.24) is 34.7 Å². The van der Waals surface area contributed by atoms with Gasteiger partial charge in [0.15, 0.2) is 5.78 Å². The van der Waals surface area contributed by atoms with Crippen LogP contribution in [0.25, 0.3) is 37.5 Å². The van der Waals surface area contributed by atoms with Gasteiger partial charge in [-0.2, -0.15) is 9.78 Å². The number of allylic oxidation sites excluding steroid dienone is 1. The Morgan fingerprint density at radius 3 is 2.19 bits per heavy atom. The summed E-state index contributed by atoms with van der Waals surface area (Å²) in [7, 11) is 1.39. The van der Waals surface area contributed by atoms with Crippen LogP contribution in [0.3, 0.4) is 0 Å². The zero-order valence-corrected chi connectivity index (χ0v) is 50.8. The summed E-state index contributed by atoms with van der Waals surface area (Å²) in [6, 6.07) is 30.9. The number of carbonyl (C=O) groups excluding carboxylic acids is 3. The number of nitrogens with zero attached hydrogens (tertiary/aromatic N) is 7. The average molecular weight is 1270 g/mol. The van der Waals surface area contributed by atoms with Gasteiger partial charge in [0, 0.05) is 79.5 Å². The maximum Gasteiger partial charge on any atom is 0.435 e. The van der Waals surface area contributed by atoms with Crippen molar-refractivity contribution in [2.24, 2.45) is 10.7 Å². The minimum atomic E-state index is -0.580. The van der Waals surface area contributed by atoms with Crippen LogP contribution in [0.5, 0.6) is 0 Å². The summed E-state index contributed by atoms with van der Waals surface area (Å²) >= 11 is 19.9. The molecule has 0 radical (unpaired) electrons. The third kappa shape index (κ3) is 19.1. The molecule has 0 bridgehead atoms.